The molecule has 0 N–H and O–H groups in total. The Morgan fingerprint density at radius 2 is 1.54 bits per heavy atom. The molecule has 6 atom stereocenters. The van der Waals surface area contributed by atoms with Crippen LogP contribution in [-0.4, -0.2) is 31.9 Å². The van der Waals surface area contributed by atoms with Gasteiger partial charge < -0.3 is 9.47 Å². The van der Waals surface area contributed by atoms with E-state index in [0.29, 0.717) is 11.5 Å². The van der Waals surface area contributed by atoms with Crippen LogP contribution < -0.4 is 0 Å². The molecule has 0 aliphatic heterocycles. The fraction of sp³-hybridized carbons (Fsp3) is 0.700. The number of Topliss-reactive ketones (excluding diaryl/α,β-unsaturated/α-hetero) is 1. The standard InChI is InChI=1S/C30H42O5/c1-19(31)20-9-10-22-28(4,21(20)17-24(32)34-7)14-16-30(6)23-18-27(3,25(33)35-8)12-11-26(23,2)13-15-29(22,30)5/h9-10,17,23H,11-16,18H2,1-8H3/b21-17+/t23-,26-,27-,28+,29-,30+/m1/s1. The van der Waals surface area contributed by atoms with Crippen LogP contribution in [0.15, 0.2) is 34.9 Å². The van der Waals surface area contributed by atoms with E-state index in [-0.39, 0.29) is 28.0 Å². The zero-order valence-corrected chi connectivity index (χ0v) is 22.8. The molecule has 4 aliphatic rings. The number of carbonyl (C=O) groups excluding carboxylic acids is 3. The molecule has 3 fully saturated rings. The van der Waals surface area contributed by atoms with Crippen molar-refractivity contribution in [3.05, 3.63) is 34.9 Å². The number of ketones is 1. The summed E-state index contributed by atoms with van der Waals surface area (Å²) in [5.41, 5.74) is 1.89. The maximum Gasteiger partial charge on any atom is 0.330 e. The molecular weight excluding hydrogens is 440 g/mol. The number of methoxy groups -OCH3 is 2. The van der Waals surface area contributed by atoms with Gasteiger partial charge in [0, 0.05) is 17.1 Å². The fourth-order valence-corrected chi connectivity index (χ4v) is 8.53. The topological polar surface area (TPSA) is 69.7 Å². The highest BCUT2D eigenvalue weighted by molar-refractivity contribution is 6.01. The minimum absolute atomic E-state index is 0.0149. The van der Waals surface area contributed by atoms with Crippen molar-refractivity contribution in [2.45, 2.75) is 86.5 Å². The molecule has 0 aromatic carbocycles. The summed E-state index contributed by atoms with van der Waals surface area (Å²) in [6.07, 6.45) is 12.4. The third kappa shape index (κ3) is 3.51. The first-order valence-corrected chi connectivity index (χ1v) is 13.0. The predicted molar refractivity (Wildman–Crippen MR) is 135 cm³/mol. The summed E-state index contributed by atoms with van der Waals surface area (Å²) in [6, 6.07) is 0. The largest absolute Gasteiger partial charge is 0.469 e. The molecule has 5 heteroatoms. The van der Waals surface area contributed by atoms with Gasteiger partial charge in [-0.25, -0.2) is 4.79 Å². The third-order valence-electron chi connectivity index (χ3n) is 11.1. The number of hydrogen-bond acceptors (Lipinski definition) is 5. The molecule has 35 heavy (non-hydrogen) atoms. The van der Waals surface area contributed by atoms with E-state index in [1.165, 1.54) is 25.9 Å². The first kappa shape index (κ1) is 25.9. The minimum atomic E-state index is -0.459. The van der Waals surface area contributed by atoms with Gasteiger partial charge in [-0.2, -0.15) is 0 Å². The van der Waals surface area contributed by atoms with Gasteiger partial charge in [-0.05, 0) is 86.5 Å². The summed E-state index contributed by atoms with van der Waals surface area (Å²) in [5.74, 6) is -0.175. The van der Waals surface area contributed by atoms with Gasteiger partial charge in [0.1, 0.15) is 0 Å². The average Bonchev–Trinajstić information content (AvgIpc) is 2.81. The van der Waals surface area contributed by atoms with E-state index < -0.39 is 16.8 Å². The first-order valence-electron chi connectivity index (χ1n) is 13.0. The summed E-state index contributed by atoms with van der Waals surface area (Å²) >= 11 is 0. The van der Waals surface area contributed by atoms with E-state index in [0.717, 1.165) is 50.5 Å². The van der Waals surface area contributed by atoms with E-state index in [9.17, 15) is 14.4 Å². The Kier molecular flexibility index (Phi) is 6.05. The van der Waals surface area contributed by atoms with Gasteiger partial charge in [0.05, 0.1) is 19.6 Å². The maximum atomic E-state index is 12.8. The summed E-state index contributed by atoms with van der Waals surface area (Å²) in [6.45, 7) is 13.1. The second-order valence-electron chi connectivity index (χ2n) is 12.8. The van der Waals surface area contributed by atoms with Gasteiger partial charge in [0.2, 0.25) is 0 Å². The van der Waals surface area contributed by atoms with E-state index in [2.05, 4.69) is 40.7 Å². The number of hydrogen-bond donors (Lipinski definition) is 0. The SMILES string of the molecule is COC(=O)/C=C1\C(C(C)=O)=CC=C2[C@@]1(C)CC[C@@]1(C)[C@@H]3C[C@](C)(C(=O)OC)CC[C@]3(C)CC[C@]21C. The molecule has 192 valence electrons. The molecule has 0 amide bonds. The van der Waals surface area contributed by atoms with Crippen LogP contribution in [0.1, 0.15) is 86.5 Å². The molecule has 5 nitrogen and oxygen atoms in total. The zero-order chi connectivity index (χ0) is 26.0. The second kappa shape index (κ2) is 8.18. The van der Waals surface area contributed by atoms with Crippen LogP contribution in [0, 0.1) is 33.0 Å². The van der Waals surface area contributed by atoms with Crippen LogP contribution in [0.2, 0.25) is 0 Å². The Bertz CT molecular complexity index is 1060. The molecule has 0 radical (unpaired) electrons. The molecule has 0 aromatic heterocycles. The Morgan fingerprint density at radius 1 is 0.886 bits per heavy atom. The molecule has 3 saturated carbocycles. The van der Waals surface area contributed by atoms with Crippen molar-refractivity contribution in [2.24, 2.45) is 33.0 Å². The normalized spacial score (nSPS) is 43.7. The van der Waals surface area contributed by atoms with Gasteiger partial charge >= 0.3 is 11.9 Å². The maximum absolute atomic E-state index is 12.8. The average molecular weight is 483 g/mol. The van der Waals surface area contributed by atoms with E-state index >= 15 is 0 Å². The zero-order valence-electron chi connectivity index (χ0n) is 22.8. The molecule has 4 aliphatic carbocycles. The molecule has 0 spiro atoms. The number of fused-ring (bicyclic) bond motifs is 5. The van der Waals surface area contributed by atoms with Crippen molar-refractivity contribution in [3.63, 3.8) is 0 Å². The van der Waals surface area contributed by atoms with E-state index in [4.69, 9.17) is 9.47 Å². The van der Waals surface area contributed by atoms with Crippen LogP contribution in [0.3, 0.4) is 0 Å². The quantitative estimate of drug-likeness (QED) is 0.357. The Hall–Kier alpha value is -2.17. The predicted octanol–water partition coefficient (Wildman–Crippen LogP) is 6.13. The van der Waals surface area contributed by atoms with Crippen molar-refractivity contribution >= 4 is 17.7 Å². The van der Waals surface area contributed by atoms with Crippen LogP contribution >= 0.6 is 0 Å². The van der Waals surface area contributed by atoms with E-state index in [1.54, 1.807) is 6.92 Å². The molecule has 0 saturated heterocycles. The van der Waals surface area contributed by atoms with Crippen LogP contribution in [0.25, 0.3) is 0 Å². The summed E-state index contributed by atoms with van der Waals surface area (Å²) in [4.78, 5) is 37.8. The number of ether oxygens (including phenoxy) is 2. The highest BCUT2D eigenvalue weighted by atomic mass is 16.5. The minimum Gasteiger partial charge on any atom is -0.469 e. The number of esters is 2. The fourth-order valence-electron chi connectivity index (χ4n) is 8.53. The molecule has 0 bridgehead atoms. The molecule has 0 unspecified atom stereocenters. The monoisotopic (exact) mass is 482 g/mol. The highest BCUT2D eigenvalue weighted by Crippen LogP contribution is 2.75. The smallest absolute Gasteiger partial charge is 0.330 e. The Morgan fingerprint density at radius 3 is 2.14 bits per heavy atom. The lowest BCUT2D eigenvalue weighted by atomic mass is 9.34. The number of rotatable bonds is 3. The third-order valence-corrected chi connectivity index (χ3v) is 11.1. The van der Waals surface area contributed by atoms with Gasteiger partial charge in [-0.1, -0.05) is 45.4 Å². The van der Waals surface area contributed by atoms with Crippen molar-refractivity contribution < 1.29 is 23.9 Å². The Balaban J connectivity index is 1.85. The summed E-state index contributed by atoms with van der Waals surface area (Å²) < 4.78 is 10.2. The van der Waals surface area contributed by atoms with Crippen LogP contribution in [0.5, 0.6) is 0 Å². The van der Waals surface area contributed by atoms with Crippen molar-refractivity contribution in [3.8, 4) is 0 Å². The molecule has 0 aromatic rings. The second-order valence-corrected chi connectivity index (χ2v) is 12.8. The van der Waals surface area contributed by atoms with Gasteiger partial charge in [-0.3, -0.25) is 9.59 Å². The van der Waals surface area contributed by atoms with Crippen LogP contribution in [-0.2, 0) is 23.9 Å². The molecule has 4 rings (SSSR count). The van der Waals surface area contributed by atoms with E-state index in [1.807, 2.05) is 6.08 Å². The van der Waals surface area contributed by atoms with Crippen molar-refractivity contribution in [1.29, 1.82) is 0 Å². The molecule has 0 heterocycles. The lowest BCUT2D eigenvalue weighted by Gasteiger charge is -2.69. The molecular formula is C30H42O5. The van der Waals surface area contributed by atoms with Crippen molar-refractivity contribution in [1.82, 2.24) is 0 Å². The van der Waals surface area contributed by atoms with Gasteiger partial charge in [-0.15, -0.1) is 0 Å². The van der Waals surface area contributed by atoms with Gasteiger partial charge in [0.25, 0.3) is 0 Å². The highest BCUT2D eigenvalue weighted by Gasteiger charge is 2.67. The number of carbonyl (C=O) groups is 3. The Labute approximate surface area is 210 Å². The first-order chi connectivity index (χ1) is 16.2. The van der Waals surface area contributed by atoms with Crippen molar-refractivity contribution in [2.75, 3.05) is 14.2 Å². The lowest BCUT2D eigenvalue weighted by molar-refractivity contribution is -0.180. The summed E-state index contributed by atoms with van der Waals surface area (Å²) in [5, 5.41) is 0. The lowest BCUT2D eigenvalue weighted by Crippen LogP contribution is -2.62. The summed E-state index contributed by atoms with van der Waals surface area (Å²) in [7, 11) is 2.88. The van der Waals surface area contributed by atoms with Gasteiger partial charge in [0.15, 0.2) is 5.78 Å². The van der Waals surface area contributed by atoms with Crippen LogP contribution in [0.4, 0.5) is 0 Å². The number of allylic oxidation sites excluding steroid dienone is 5.